The maximum atomic E-state index is 6.63. The molecule has 6 aromatic carbocycles. The second-order valence-corrected chi connectivity index (χ2v) is 15.9. The van der Waals surface area contributed by atoms with Gasteiger partial charge in [-0.1, -0.05) is 60.7 Å². The molecule has 0 saturated carbocycles. The number of pyridine rings is 2. The van der Waals surface area contributed by atoms with Crippen molar-refractivity contribution in [2.24, 2.45) is 0 Å². The van der Waals surface area contributed by atoms with Gasteiger partial charge in [-0.3, -0.25) is 19.1 Å². The molecule has 8 nitrogen and oxygen atoms in total. The Morgan fingerprint density at radius 3 is 1.26 bits per heavy atom. The standard InChI is InChI=1S/C54H40N6O2/c1-33-21-23-55-53(25-33)59-47-11-7-5-9-41(47)43-19-17-39(29-49(43)59)61-51-27-37(15-13-35(51)3)45-31-58-46(32-57-45)38-16-14-36(4)52(28-38)62-40-18-20-44-42-10-6-8-12-48(42)60(50(44)30-40)54-26-34(2)22-24-56-54/h5-32H,1-4H3. The average Bonchev–Trinajstić information content (AvgIpc) is 3.80. The molecule has 0 saturated heterocycles. The fraction of sp³-hybridized carbons (Fsp3) is 0.0741. The summed E-state index contributed by atoms with van der Waals surface area (Å²) in [6.07, 6.45) is 7.35. The summed E-state index contributed by atoms with van der Waals surface area (Å²) in [4.78, 5) is 19.2. The predicted octanol–water partition coefficient (Wildman–Crippen LogP) is 13.6. The highest BCUT2D eigenvalue weighted by molar-refractivity contribution is 6.10. The average molecular weight is 805 g/mol. The number of fused-ring (bicyclic) bond motifs is 6. The van der Waals surface area contributed by atoms with E-state index in [2.05, 4.69) is 146 Å². The first-order valence-corrected chi connectivity index (χ1v) is 20.7. The van der Waals surface area contributed by atoms with Gasteiger partial charge in [0, 0.05) is 57.2 Å². The van der Waals surface area contributed by atoms with Crippen LogP contribution in [0.25, 0.3) is 77.8 Å². The zero-order chi connectivity index (χ0) is 41.9. The summed E-state index contributed by atoms with van der Waals surface area (Å²) in [6, 6.07) is 49.9. The highest BCUT2D eigenvalue weighted by atomic mass is 16.5. The minimum atomic E-state index is 0.735. The molecule has 0 spiro atoms. The number of benzene rings is 6. The molecule has 0 aliphatic carbocycles. The van der Waals surface area contributed by atoms with E-state index < -0.39 is 0 Å². The first kappa shape index (κ1) is 36.9. The van der Waals surface area contributed by atoms with Gasteiger partial charge in [0.15, 0.2) is 0 Å². The van der Waals surface area contributed by atoms with Crippen molar-refractivity contribution in [3.8, 4) is 57.1 Å². The summed E-state index contributed by atoms with van der Waals surface area (Å²) in [6.45, 7) is 8.28. The van der Waals surface area contributed by atoms with Crippen LogP contribution in [0.2, 0.25) is 0 Å². The molecule has 0 N–H and O–H groups in total. The molecule has 0 aliphatic rings. The normalized spacial score (nSPS) is 11.5. The molecule has 5 aromatic heterocycles. The lowest BCUT2D eigenvalue weighted by molar-refractivity contribution is 0.479. The van der Waals surface area contributed by atoms with E-state index in [0.717, 1.165) is 112 Å². The van der Waals surface area contributed by atoms with Crippen molar-refractivity contribution in [2.75, 3.05) is 0 Å². The van der Waals surface area contributed by atoms with E-state index in [1.54, 1.807) is 0 Å². The fourth-order valence-corrected chi connectivity index (χ4v) is 8.43. The predicted molar refractivity (Wildman–Crippen MR) is 249 cm³/mol. The van der Waals surface area contributed by atoms with Gasteiger partial charge in [0.05, 0.1) is 45.8 Å². The van der Waals surface area contributed by atoms with Gasteiger partial charge in [-0.05, 0) is 123 Å². The molecule has 0 aliphatic heterocycles. The number of hydrogen-bond acceptors (Lipinski definition) is 6. The molecule has 0 amide bonds. The zero-order valence-electron chi connectivity index (χ0n) is 34.7. The van der Waals surface area contributed by atoms with E-state index in [9.17, 15) is 0 Å². The minimum absolute atomic E-state index is 0.735. The number of aryl methyl sites for hydroxylation is 4. The van der Waals surface area contributed by atoms with Crippen molar-refractivity contribution in [3.63, 3.8) is 0 Å². The van der Waals surface area contributed by atoms with Crippen LogP contribution in [0, 0.1) is 27.7 Å². The number of aromatic nitrogens is 6. The Hall–Kier alpha value is -8.10. The van der Waals surface area contributed by atoms with E-state index in [1.165, 1.54) is 10.8 Å². The van der Waals surface area contributed by atoms with E-state index in [0.29, 0.717) is 0 Å². The van der Waals surface area contributed by atoms with E-state index in [-0.39, 0.29) is 0 Å². The molecule has 11 rings (SSSR count). The summed E-state index contributed by atoms with van der Waals surface area (Å²) in [7, 11) is 0. The van der Waals surface area contributed by atoms with Crippen molar-refractivity contribution in [3.05, 3.63) is 193 Å². The van der Waals surface area contributed by atoms with Crippen LogP contribution < -0.4 is 9.47 Å². The van der Waals surface area contributed by atoms with Gasteiger partial charge >= 0.3 is 0 Å². The summed E-state index contributed by atoms with van der Waals surface area (Å²) in [5, 5.41) is 4.62. The molecular formula is C54H40N6O2. The van der Waals surface area contributed by atoms with Crippen LogP contribution in [0.4, 0.5) is 0 Å². The molecule has 0 unspecified atom stereocenters. The van der Waals surface area contributed by atoms with Gasteiger partial charge in [-0.15, -0.1) is 0 Å². The largest absolute Gasteiger partial charge is 0.457 e. The Labute approximate surface area is 358 Å². The Morgan fingerprint density at radius 1 is 0.387 bits per heavy atom. The van der Waals surface area contributed by atoms with E-state index in [4.69, 9.17) is 29.4 Å². The van der Waals surface area contributed by atoms with Gasteiger partial charge in [-0.25, -0.2) is 9.97 Å². The van der Waals surface area contributed by atoms with Crippen molar-refractivity contribution in [1.82, 2.24) is 29.1 Å². The lowest BCUT2D eigenvalue weighted by atomic mass is 10.1. The zero-order valence-corrected chi connectivity index (χ0v) is 34.7. The summed E-state index contributed by atoms with van der Waals surface area (Å²) >= 11 is 0. The molecular weight excluding hydrogens is 765 g/mol. The Bertz CT molecular complexity index is 3300. The first-order valence-electron chi connectivity index (χ1n) is 20.7. The summed E-state index contributed by atoms with van der Waals surface area (Å²) in [5.41, 5.74) is 11.9. The smallest absolute Gasteiger partial charge is 0.137 e. The van der Waals surface area contributed by atoms with Crippen LogP contribution in [0.1, 0.15) is 22.3 Å². The molecule has 0 atom stereocenters. The quantitative estimate of drug-likeness (QED) is 0.152. The molecule has 0 radical (unpaired) electrons. The first-order chi connectivity index (χ1) is 30.3. The number of hydrogen-bond donors (Lipinski definition) is 0. The highest BCUT2D eigenvalue weighted by Crippen LogP contribution is 2.39. The van der Waals surface area contributed by atoms with Crippen LogP contribution in [0.3, 0.4) is 0 Å². The molecule has 298 valence electrons. The van der Waals surface area contributed by atoms with Crippen molar-refractivity contribution in [2.45, 2.75) is 27.7 Å². The molecule has 0 fully saturated rings. The van der Waals surface area contributed by atoms with Crippen LogP contribution in [-0.2, 0) is 0 Å². The number of ether oxygens (including phenoxy) is 2. The van der Waals surface area contributed by atoms with Gasteiger partial charge < -0.3 is 9.47 Å². The fourth-order valence-electron chi connectivity index (χ4n) is 8.43. The number of rotatable bonds is 8. The SMILES string of the molecule is Cc1ccnc(-n2c3ccccc3c3ccc(Oc4cc(-c5cnc(-c6ccc(C)c(Oc7ccc8c9ccccc9n(-c9cc(C)ccn9)c8c7)c6)cn5)ccc4C)cc32)c1. The second kappa shape index (κ2) is 14.9. The van der Waals surface area contributed by atoms with Crippen LogP contribution in [0.5, 0.6) is 23.0 Å². The van der Waals surface area contributed by atoms with Gasteiger partial charge in [0.1, 0.15) is 34.6 Å². The maximum absolute atomic E-state index is 6.63. The maximum Gasteiger partial charge on any atom is 0.137 e. The molecule has 8 heteroatoms. The van der Waals surface area contributed by atoms with Gasteiger partial charge in [0.2, 0.25) is 0 Å². The Balaban J connectivity index is 0.873. The molecule has 0 bridgehead atoms. The third-order valence-corrected chi connectivity index (χ3v) is 11.6. The lowest BCUT2D eigenvalue weighted by Crippen LogP contribution is -1.98. The number of nitrogens with zero attached hydrogens (tertiary/aromatic N) is 6. The third-order valence-electron chi connectivity index (χ3n) is 11.6. The van der Waals surface area contributed by atoms with Crippen LogP contribution >= 0.6 is 0 Å². The topological polar surface area (TPSA) is 79.9 Å². The summed E-state index contributed by atoms with van der Waals surface area (Å²) < 4.78 is 17.7. The molecule has 5 heterocycles. The van der Waals surface area contributed by atoms with Gasteiger partial charge in [-0.2, -0.15) is 0 Å². The third kappa shape index (κ3) is 6.49. The van der Waals surface area contributed by atoms with Crippen molar-refractivity contribution in [1.29, 1.82) is 0 Å². The van der Waals surface area contributed by atoms with E-state index in [1.807, 2.05) is 61.2 Å². The second-order valence-electron chi connectivity index (χ2n) is 15.9. The Morgan fingerprint density at radius 2 is 0.823 bits per heavy atom. The van der Waals surface area contributed by atoms with Gasteiger partial charge in [0.25, 0.3) is 0 Å². The lowest BCUT2D eigenvalue weighted by Gasteiger charge is -2.13. The highest BCUT2D eigenvalue weighted by Gasteiger charge is 2.17. The molecule has 62 heavy (non-hydrogen) atoms. The van der Waals surface area contributed by atoms with Crippen molar-refractivity contribution >= 4 is 43.6 Å². The monoisotopic (exact) mass is 804 g/mol. The van der Waals surface area contributed by atoms with E-state index >= 15 is 0 Å². The van der Waals surface area contributed by atoms with Crippen LogP contribution in [0.15, 0.2) is 170 Å². The van der Waals surface area contributed by atoms with Crippen molar-refractivity contribution < 1.29 is 9.47 Å². The summed E-state index contributed by atoms with van der Waals surface area (Å²) in [5.74, 6) is 4.71. The minimum Gasteiger partial charge on any atom is -0.457 e. The Kier molecular flexibility index (Phi) is 8.86. The molecule has 11 aromatic rings. The number of para-hydroxylation sites is 2. The van der Waals surface area contributed by atoms with Crippen LogP contribution in [-0.4, -0.2) is 29.1 Å².